The average molecular weight is 253 g/mol. The molecule has 1 aliphatic heterocycles. The van der Waals surface area contributed by atoms with Crippen LogP contribution in [0, 0.1) is 11.8 Å². The summed E-state index contributed by atoms with van der Waals surface area (Å²) in [5.41, 5.74) is 5.78. The topological polar surface area (TPSA) is 74.2 Å². The van der Waals surface area contributed by atoms with E-state index in [1.807, 2.05) is 0 Å². The first kappa shape index (κ1) is 13.5. The summed E-state index contributed by atoms with van der Waals surface area (Å²) < 4.78 is 10.8. The van der Waals surface area contributed by atoms with Gasteiger partial charge < -0.3 is 15.0 Å². The van der Waals surface area contributed by atoms with Crippen molar-refractivity contribution in [1.29, 1.82) is 0 Å². The summed E-state index contributed by atoms with van der Waals surface area (Å²) in [5, 5.41) is 4.01. The predicted octanol–water partition coefficient (Wildman–Crippen LogP) is 2.08. The zero-order valence-electron chi connectivity index (χ0n) is 11.3. The first-order valence-electron chi connectivity index (χ1n) is 6.83. The molecule has 1 saturated heterocycles. The third-order valence-electron chi connectivity index (χ3n) is 3.30. The summed E-state index contributed by atoms with van der Waals surface area (Å²) in [5.74, 6) is 2.45. The Morgan fingerprint density at radius 3 is 2.89 bits per heavy atom. The van der Waals surface area contributed by atoms with Crippen LogP contribution in [-0.4, -0.2) is 23.3 Å². The van der Waals surface area contributed by atoms with E-state index >= 15 is 0 Å². The Morgan fingerprint density at radius 2 is 2.28 bits per heavy atom. The third kappa shape index (κ3) is 3.53. The van der Waals surface area contributed by atoms with Crippen LogP contribution in [0.25, 0.3) is 0 Å². The average Bonchev–Trinajstić information content (AvgIpc) is 2.97. The van der Waals surface area contributed by atoms with E-state index in [-0.39, 0.29) is 6.10 Å². The summed E-state index contributed by atoms with van der Waals surface area (Å²) in [4.78, 5) is 4.43. The van der Waals surface area contributed by atoms with E-state index in [0.29, 0.717) is 30.1 Å². The highest BCUT2D eigenvalue weighted by atomic mass is 16.5. The Morgan fingerprint density at radius 1 is 1.44 bits per heavy atom. The molecule has 5 nitrogen and oxygen atoms in total. The molecule has 0 amide bonds. The molecule has 0 aromatic carbocycles. The van der Waals surface area contributed by atoms with E-state index in [9.17, 15) is 0 Å². The number of nitrogens with two attached hydrogens (primary N) is 1. The van der Waals surface area contributed by atoms with Crippen LogP contribution in [0.4, 0.5) is 0 Å². The minimum Gasteiger partial charge on any atom is -0.370 e. The molecule has 2 rings (SSSR count). The summed E-state index contributed by atoms with van der Waals surface area (Å²) in [7, 11) is 0. The highest BCUT2D eigenvalue weighted by molar-refractivity contribution is 4.94. The molecule has 102 valence electrons. The lowest BCUT2D eigenvalue weighted by Gasteiger charge is -2.14. The SMILES string of the molecule is CC(C)C[C@H](CN)Cc1nc(C2CCCO2)no1. The van der Waals surface area contributed by atoms with Crippen LogP contribution in [0.5, 0.6) is 0 Å². The van der Waals surface area contributed by atoms with Crippen molar-refractivity contribution in [3.05, 3.63) is 11.7 Å². The maximum absolute atomic E-state index is 5.78. The highest BCUT2D eigenvalue weighted by Crippen LogP contribution is 2.26. The Labute approximate surface area is 108 Å². The van der Waals surface area contributed by atoms with Crippen LogP contribution in [-0.2, 0) is 11.2 Å². The predicted molar refractivity (Wildman–Crippen MR) is 67.9 cm³/mol. The van der Waals surface area contributed by atoms with Gasteiger partial charge in [0.25, 0.3) is 0 Å². The monoisotopic (exact) mass is 253 g/mol. The molecule has 2 atom stereocenters. The molecule has 0 spiro atoms. The largest absolute Gasteiger partial charge is 0.370 e. The summed E-state index contributed by atoms with van der Waals surface area (Å²) in [6.07, 6.45) is 3.96. The Kier molecular flexibility index (Phi) is 4.72. The van der Waals surface area contributed by atoms with Crippen molar-refractivity contribution in [2.75, 3.05) is 13.2 Å². The summed E-state index contributed by atoms with van der Waals surface area (Å²) in [6.45, 7) is 5.87. The summed E-state index contributed by atoms with van der Waals surface area (Å²) >= 11 is 0. The molecule has 1 aliphatic rings. The maximum Gasteiger partial charge on any atom is 0.227 e. The molecule has 2 N–H and O–H groups in total. The van der Waals surface area contributed by atoms with Crippen LogP contribution in [0.15, 0.2) is 4.52 Å². The molecule has 1 aromatic rings. The zero-order chi connectivity index (χ0) is 13.0. The van der Waals surface area contributed by atoms with Gasteiger partial charge in [-0.2, -0.15) is 4.98 Å². The highest BCUT2D eigenvalue weighted by Gasteiger charge is 2.24. The molecule has 0 bridgehead atoms. The number of hydrogen-bond donors (Lipinski definition) is 1. The fourth-order valence-corrected chi connectivity index (χ4v) is 2.44. The quantitative estimate of drug-likeness (QED) is 0.840. The normalized spacial score (nSPS) is 21.7. The molecular formula is C13H23N3O2. The van der Waals surface area contributed by atoms with Gasteiger partial charge in [0, 0.05) is 13.0 Å². The standard InChI is InChI=1S/C13H23N3O2/c1-9(2)6-10(8-14)7-12-15-13(16-18-12)11-4-3-5-17-11/h9-11H,3-8,14H2,1-2H3/t10-,11?/m0/s1. The summed E-state index contributed by atoms with van der Waals surface area (Å²) in [6, 6.07) is 0. The van der Waals surface area contributed by atoms with Crippen molar-refractivity contribution < 1.29 is 9.26 Å². The van der Waals surface area contributed by atoms with Crippen molar-refractivity contribution in [2.24, 2.45) is 17.6 Å². The number of rotatable bonds is 6. The first-order chi connectivity index (χ1) is 8.69. The van der Waals surface area contributed by atoms with E-state index in [1.165, 1.54) is 0 Å². The fourth-order valence-electron chi connectivity index (χ4n) is 2.44. The third-order valence-corrected chi connectivity index (χ3v) is 3.30. The van der Waals surface area contributed by atoms with E-state index in [0.717, 1.165) is 32.3 Å². The van der Waals surface area contributed by atoms with Crippen molar-refractivity contribution in [3.8, 4) is 0 Å². The lowest BCUT2D eigenvalue weighted by molar-refractivity contribution is 0.103. The van der Waals surface area contributed by atoms with Gasteiger partial charge in [-0.15, -0.1) is 0 Å². The lowest BCUT2D eigenvalue weighted by atomic mass is 9.94. The number of hydrogen-bond acceptors (Lipinski definition) is 5. The van der Waals surface area contributed by atoms with E-state index in [4.69, 9.17) is 15.0 Å². The number of ether oxygens (including phenoxy) is 1. The molecule has 0 saturated carbocycles. The van der Waals surface area contributed by atoms with Crippen molar-refractivity contribution in [1.82, 2.24) is 10.1 Å². The van der Waals surface area contributed by atoms with Crippen molar-refractivity contribution in [2.45, 2.75) is 45.6 Å². The smallest absolute Gasteiger partial charge is 0.227 e. The van der Waals surface area contributed by atoms with Gasteiger partial charge in [-0.3, -0.25) is 0 Å². The van der Waals surface area contributed by atoms with Gasteiger partial charge >= 0.3 is 0 Å². The second-order valence-corrected chi connectivity index (χ2v) is 5.48. The Hall–Kier alpha value is -0.940. The van der Waals surface area contributed by atoms with Crippen molar-refractivity contribution in [3.63, 3.8) is 0 Å². The molecule has 5 heteroatoms. The lowest BCUT2D eigenvalue weighted by Crippen LogP contribution is -2.19. The van der Waals surface area contributed by atoms with E-state index in [1.54, 1.807) is 0 Å². The van der Waals surface area contributed by atoms with Gasteiger partial charge in [-0.05, 0) is 37.6 Å². The van der Waals surface area contributed by atoms with E-state index in [2.05, 4.69) is 24.0 Å². The molecule has 0 radical (unpaired) electrons. The second-order valence-electron chi connectivity index (χ2n) is 5.48. The van der Waals surface area contributed by atoms with Gasteiger partial charge in [-0.1, -0.05) is 19.0 Å². The molecule has 2 heterocycles. The van der Waals surface area contributed by atoms with Crippen molar-refractivity contribution >= 4 is 0 Å². The molecule has 0 aliphatic carbocycles. The minimum atomic E-state index is 0.0314. The second kappa shape index (κ2) is 6.29. The Bertz CT molecular complexity index is 359. The molecule has 1 unspecified atom stereocenters. The number of nitrogens with zero attached hydrogens (tertiary/aromatic N) is 2. The van der Waals surface area contributed by atoms with Crippen LogP contribution in [0.3, 0.4) is 0 Å². The van der Waals surface area contributed by atoms with Crippen LogP contribution < -0.4 is 5.73 Å². The zero-order valence-corrected chi connectivity index (χ0v) is 11.3. The molecule has 1 fully saturated rings. The molecule has 1 aromatic heterocycles. The number of aromatic nitrogens is 2. The van der Waals surface area contributed by atoms with Crippen LogP contribution in [0.1, 0.15) is 50.9 Å². The first-order valence-corrected chi connectivity index (χ1v) is 6.83. The van der Waals surface area contributed by atoms with Gasteiger partial charge in [0.1, 0.15) is 6.10 Å². The van der Waals surface area contributed by atoms with Crippen LogP contribution >= 0.6 is 0 Å². The van der Waals surface area contributed by atoms with Gasteiger partial charge in [0.2, 0.25) is 11.7 Å². The Balaban J connectivity index is 1.92. The van der Waals surface area contributed by atoms with E-state index < -0.39 is 0 Å². The fraction of sp³-hybridized carbons (Fsp3) is 0.846. The maximum atomic E-state index is 5.78. The van der Waals surface area contributed by atoms with Gasteiger partial charge in [0.05, 0.1) is 0 Å². The molecular weight excluding hydrogens is 230 g/mol. The van der Waals surface area contributed by atoms with Gasteiger partial charge in [-0.25, -0.2) is 0 Å². The molecule has 18 heavy (non-hydrogen) atoms. The van der Waals surface area contributed by atoms with Gasteiger partial charge in [0.15, 0.2) is 0 Å². The minimum absolute atomic E-state index is 0.0314. The van der Waals surface area contributed by atoms with Crippen LogP contribution in [0.2, 0.25) is 0 Å².